The van der Waals surface area contributed by atoms with Gasteiger partial charge in [0, 0.05) is 25.2 Å². The number of nitrogens with zero attached hydrogens (tertiary/aromatic N) is 1. The fourth-order valence-electron chi connectivity index (χ4n) is 5.43. The molecule has 2 N–H and O–H groups in total. The lowest BCUT2D eigenvalue weighted by Gasteiger charge is -2.26. The lowest BCUT2D eigenvalue weighted by atomic mass is 9.87. The molecule has 2 heterocycles. The molecule has 182 valence electrons. The summed E-state index contributed by atoms with van der Waals surface area (Å²) in [5.41, 5.74) is 4.58. The maximum Gasteiger partial charge on any atom is 0.270 e. The third kappa shape index (κ3) is 6.16. The maximum atomic E-state index is 12.8. The number of rotatable bonds is 8. The van der Waals surface area contributed by atoms with Crippen LogP contribution in [0.1, 0.15) is 78.5 Å². The number of hydrogen-bond donors (Lipinski definition) is 2. The van der Waals surface area contributed by atoms with Gasteiger partial charge in [0.05, 0.1) is 12.3 Å². The molecule has 2 aliphatic carbocycles. The van der Waals surface area contributed by atoms with E-state index in [9.17, 15) is 4.79 Å². The van der Waals surface area contributed by atoms with Crippen molar-refractivity contribution in [3.05, 3.63) is 58.9 Å². The Hall–Kier alpha value is -2.44. The van der Waals surface area contributed by atoms with Crippen LogP contribution in [-0.4, -0.2) is 42.3 Å². The number of carbonyl (C=O) groups excluding carboxylic acids is 1. The van der Waals surface area contributed by atoms with E-state index in [0.29, 0.717) is 24.1 Å². The van der Waals surface area contributed by atoms with Crippen LogP contribution in [0.15, 0.2) is 36.5 Å². The van der Waals surface area contributed by atoms with Gasteiger partial charge in [0.1, 0.15) is 18.1 Å². The highest BCUT2D eigenvalue weighted by molar-refractivity contribution is 5.92. The molecule has 5 rings (SSSR count). The third-order valence-electron chi connectivity index (χ3n) is 7.46. The number of aryl methyl sites for hydroxylation is 1. The SMILES string of the molecule is O=C(N[C@H]1CCc2cc(CNC3CCCCC3)ccc2C1)c1ccc(OC[C@@H]2CCCO2)cn1. The van der Waals surface area contributed by atoms with Crippen LogP contribution >= 0.6 is 0 Å². The highest BCUT2D eigenvalue weighted by Gasteiger charge is 2.22. The molecule has 0 spiro atoms. The smallest absolute Gasteiger partial charge is 0.270 e. The molecule has 6 heteroatoms. The average Bonchev–Trinajstić information content (AvgIpc) is 3.41. The summed E-state index contributed by atoms with van der Waals surface area (Å²) in [6, 6.07) is 11.2. The molecule has 1 saturated heterocycles. The van der Waals surface area contributed by atoms with E-state index in [0.717, 1.165) is 45.3 Å². The molecule has 2 fully saturated rings. The Bertz CT molecular complexity index is 950. The third-order valence-corrected chi connectivity index (χ3v) is 7.46. The molecular formula is C28H37N3O3. The quantitative estimate of drug-likeness (QED) is 0.609. The second-order valence-electron chi connectivity index (χ2n) is 10.1. The van der Waals surface area contributed by atoms with Crippen LogP contribution < -0.4 is 15.4 Å². The Balaban J connectivity index is 1.09. The number of amides is 1. The standard InChI is InChI=1S/C28H37N3O3/c32-28(27-13-12-25(18-30-27)34-19-26-7-4-14-33-26)31-24-11-10-21-15-20(8-9-22(21)16-24)17-29-23-5-2-1-3-6-23/h8-9,12-13,15,18,23-24,26,29H,1-7,10-11,14,16-17,19H2,(H,31,32)/t24-,26-/m0/s1. The van der Waals surface area contributed by atoms with Crippen molar-refractivity contribution in [2.75, 3.05) is 13.2 Å². The summed E-state index contributed by atoms with van der Waals surface area (Å²) in [7, 11) is 0. The number of pyridine rings is 1. The molecule has 1 aromatic heterocycles. The molecule has 0 bridgehead atoms. The van der Waals surface area contributed by atoms with Gasteiger partial charge in [-0.25, -0.2) is 4.98 Å². The van der Waals surface area contributed by atoms with E-state index in [-0.39, 0.29) is 18.1 Å². The normalized spacial score (nSPS) is 22.8. The van der Waals surface area contributed by atoms with Crippen molar-refractivity contribution in [2.45, 2.75) is 88.9 Å². The predicted molar refractivity (Wildman–Crippen MR) is 132 cm³/mol. The van der Waals surface area contributed by atoms with Gasteiger partial charge >= 0.3 is 0 Å². The molecule has 2 atom stereocenters. The van der Waals surface area contributed by atoms with Crippen LogP contribution in [0, 0.1) is 0 Å². The van der Waals surface area contributed by atoms with E-state index in [1.807, 2.05) is 6.07 Å². The molecule has 0 radical (unpaired) electrons. The second-order valence-corrected chi connectivity index (χ2v) is 10.1. The Morgan fingerprint density at radius 1 is 1.00 bits per heavy atom. The second kappa shape index (κ2) is 11.3. The molecule has 1 saturated carbocycles. The molecule has 0 unspecified atom stereocenters. The summed E-state index contributed by atoms with van der Waals surface area (Å²) < 4.78 is 11.3. The number of hydrogen-bond acceptors (Lipinski definition) is 5. The van der Waals surface area contributed by atoms with Crippen LogP contribution in [-0.2, 0) is 24.1 Å². The molecule has 1 aliphatic heterocycles. The number of benzene rings is 1. The fourth-order valence-corrected chi connectivity index (χ4v) is 5.43. The van der Waals surface area contributed by atoms with Crippen molar-refractivity contribution in [1.29, 1.82) is 0 Å². The van der Waals surface area contributed by atoms with E-state index in [2.05, 4.69) is 33.8 Å². The predicted octanol–water partition coefficient (Wildman–Crippen LogP) is 4.35. The van der Waals surface area contributed by atoms with E-state index >= 15 is 0 Å². The lowest BCUT2D eigenvalue weighted by molar-refractivity contribution is 0.0678. The molecule has 34 heavy (non-hydrogen) atoms. The zero-order valence-electron chi connectivity index (χ0n) is 20.1. The molecular weight excluding hydrogens is 426 g/mol. The van der Waals surface area contributed by atoms with Crippen molar-refractivity contribution in [2.24, 2.45) is 0 Å². The van der Waals surface area contributed by atoms with Crippen LogP contribution in [0.2, 0.25) is 0 Å². The Labute approximate surface area is 202 Å². The zero-order valence-corrected chi connectivity index (χ0v) is 20.1. The van der Waals surface area contributed by atoms with Gasteiger partial charge in [-0.05, 0) is 73.8 Å². The summed E-state index contributed by atoms with van der Waals surface area (Å²) in [6.45, 7) is 2.31. The summed E-state index contributed by atoms with van der Waals surface area (Å²) in [4.78, 5) is 17.1. The van der Waals surface area contributed by atoms with Crippen LogP contribution in [0.5, 0.6) is 5.75 Å². The molecule has 3 aliphatic rings. The van der Waals surface area contributed by atoms with Gasteiger partial charge in [-0.3, -0.25) is 4.79 Å². The summed E-state index contributed by atoms with van der Waals surface area (Å²) in [5.74, 6) is 0.555. The van der Waals surface area contributed by atoms with Crippen LogP contribution in [0.4, 0.5) is 0 Å². The number of aromatic nitrogens is 1. The summed E-state index contributed by atoms with van der Waals surface area (Å²) >= 11 is 0. The zero-order chi connectivity index (χ0) is 23.2. The Kier molecular flexibility index (Phi) is 7.76. The van der Waals surface area contributed by atoms with E-state index in [4.69, 9.17) is 9.47 Å². The number of nitrogens with one attached hydrogen (secondary N) is 2. The number of ether oxygens (including phenoxy) is 2. The van der Waals surface area contributed by atoms with Gasteiger partial charge in [-0.2, -0.15) is 0 Å². The van der Waals surface area contributed by atoms with Gasteiger partial charge in [0.2, 0.25) is 0 Å². The van der Waals surface area contributed by atoms with E-state index < -0.39 is 0 Å². The highest BCUT2D eigenvalue weighted by Crippen LogP contribution is 2.24. The Morgan fingerprint density at radius 3 is 2.71 bits per heavy atom. The Morgan fingerprint density at radius 2 is 1.91 bits per heavy atom. The first-order valence-corrected chi connectivity index (χ1v) is 13.1. The number of carbonyl (C=O) groups is 1. The molecule has 2 aromatic rings. The van der Waals surface area contributed by atoms with E-state index in [1.54, 1.807) is 12.3 Å². The van der Waals surface area contributed by atoms with Crippen LogP contribution in [0.3, 0.4) is 0 Å². The largest absolute Gasteiger partial charge is 0.489 e. The van der Waals surface area contributed by atoms with Gasteiger partial charge in [0.25, 0.3) is 5.91 Å². The minimum Gasteiger partial charge on any atom is -0.489 e. The number of fused-ring (bicyclic) bond motifs is 1. The fraction of sp³-hybridized carbons (Fsp3) is 0.571. The monoisotopic (exact) mass is 463 g/mol. The summed E-state index contributed by atoms with van der Waals surface area (Å²) in [6.07, 6.45) is 13.5. The van der Waals surface area contributed by atoms with Crippen molar-refractivity contribution in [3.63, 3.8) is 0 Å². The van der Waals surface area contributed by atoms with Gasteiger partial charge in [-0.15, -0.1) is 0 Å². The average molecular weight is 464 g/mol. The van der Waals surface area contributed by atoms with Gasteiger partial charge in [0.15, 0.2) is 0 Å². The van der Waals surface area contributed by atoms with Gasteiger partial charge < -0.3 is 20.1 Å². The first-order valence-electron chi connectivity index (χ1n) is 13.1. The lowest BCUT2D eigenvalue weighted by Crippen LogP contribution is -2.39. The molecule has 1 amide bonds. The molecule has 1 aromatic carbocycles. The first kappa shape index (κ1) is 23.3. The minimum atomic E-state index is -0.118. The van der Waals surface area contributed by atoms with Gasteiger partial charge in [-0.1, -0.05) is 37.5 Å². The van der Waals surface area contributed by atoms with E-state index in [1.165, 1.54) is 48.8 Å². The summed E-state index contributed by atoms with van der Waals surface area (Å²) in [5, 5.41) is 6.92. The van der Waals surface area contributed by atoms with Crippen LogP contribution in [0.25, 0.3) is 0 Å². The highest BCUT2D eigenvalue weighted by atomic mass is 16.5. The van der Waals surface area contributed by atoms with Crippen molar-refractivity contribution in [1.82, 2.24) is 15.6 Å². The molecule has 6 nitrogen and oxygen atoms in total. The maximum absolute atomic E-state index is 12.8. The van der Waals surface area contributed by atoms with Crippen molar-refractivity contribution < 1.29 is 14.3 Å². The van der Waals surface area contributed by atoms with Crippen molar-refractivity contribution in [3.8, 4) is 5.75 Å². The van der Waals surface area contributed by atoms with Crippen molar-refractivity contribution >= 4 is 5.91 Å². The topological polar surface area (TPSA) is 72.5 Å². The minimum absolute atomic E-state index is 0.118. The first-order chi connectivity index (χ1) is 16.7.